The Hall–Kier alpha value is -3.03. The molecule has 0 spiro atoms. The van der Waals surface area contributed by atoms with Crippen molar-refractivity contribution in [2.24, 2.45) is 5.41 Å². The zero-order valence-corrected chi connectivity index (χ0v) is 18.1. The van der Waals surface area contributed by atoms with Crippen molar-refractivity contribution in [3.63, 3.8) is 0 Å². The Morgan fingerprint density at radius 1 is 1.25 bits per heavy atom. The first kappa shape index (κ1) is 20.8. The Balaban J connectivity index is 1.45. The number of hydrogen-bond donors (Lipinski definition) is 2. The van der Waals surface area contributed by atoms with E-state index in [0.717, 1.165) is 28.9 Å². The third kappa shape index (κ3) is 3.24. The van der Waals surface area contributed by atoms with E-state index in [-0.39, 0.29) is 12.2 Å². The molecule has 7 heteroatoms. The SMILES string of the molecule is COc1ccnc(C(O)C[C@]2(O)CCC3=Cc4c(cnn4-c4ccc(F)cc4)C[C@@]32C)c1. The van der Waals surface area contributed by atoms with Crippen LogP contribution in [0, 0.1) is 11.2 Å². The molecule has 0 amide bonds. The number of rotatable bonds is 5. The molecule has 2 N–H and O–H groups in total. The minimum atomic E-state index is -1.08. The maximum atomic E-state index is 13.3. The van der Waals surface area contributed by atoms with Gasteiger partial charge in [-0.3, -0.25) is 4.98 Å². The van der Waals surface area contributed by atoms with E-state index in [1.54, 1.807) is 37.6 Å². The second-order valence-corrected chi connectivity index (χ2v) is 8.99. The third-order valence-electron chi connectivity index (χ3n) is 7.22. The average Bonchev–Trinajstić information content (AvgIpc) is 3.30. The molecule has 1 saturated carbocycles. The lowest BCUT2D eigenvalue weighted by Gasteiger charge is -2.43. The fraction of sp³-hybridized carbons (Fsp3) is 0.360. The fourth-order valence-corrected chi connectivity index (χ4v) is 5.21. The first-order valence-corrected chi connectivity index (χ1v) is 10.8. The number of aliphatic hydroxyl groups is 2. The molecule has 2 heterocycles. The molecule has 0 radical (unpaired) electrons. The zero-order valence-electron chi connectivity index (χ0n) is 18.1. The lowest BCUT2D eigenvalue weighted by Crippen LogP contribution is -2.46. The molecule has 3 atom stereocenters. The van der Waals surface area contributed by atoms with Gasteiger partial charge in [0.05, 0.1) is 42.1 Å². The van der Waals surface area contributed by atoms with E-state index >= 15 is 0 Å². The monoisotopic (exact) mass is 435 g/mol. The molecule has 0 saturated heterocycles. The van der Waals surface area contributed by atoms with Gasteiger partial charge in [-0.15, -0.1) is 0 Å². The number of nitrogens with zero attached hydrogens (tertiary/aromatic N) is 3. The number of benzene rings is 1. The number of ether oxygens (including phenoxy) is 1. The summed E-state index contributed by atoms with van der Waals surface area (Å²) in [7, 11) is 1.57. The summed E-state index contributed by atoms with van der Waals surface area (Å²) in [5.41, 5.74) is 2.80. The van der Waals surface area contributed by atoms with Crippen molar-refractivity contribution < 1.29 is 19.3 Å². The van der Waals surface area contributed by atoms with Crippen molar-refractivity contribution in [2.75, 3.05) is 7.11 Å². The Bertz CT molecular complexity index is 1190. The molecule has 2 aliphatic carbocycles. The van der Waals surface area contributed by atoms with Gasteiger partial charge in [0.25, 0.3) is 0 Å². The molecule has 1 aromatic carbocycles. The van der Waals surface area contributed by atoms with Crippen LogP contribution in [0.15, 0.2) is 54.4 Å². The largest absolute Gasteiger partial charge is 0.497 e. The van der Waals surface area contributed by atoms with Crippen molar-refractivity contribution in [3.8, 4) is 11.4 Å². The second kappa shape index (κ2) is 7.53. The summed E-state index contributed by atoms with van der Waals surface area (Å²) in [6.45, 7) is 2.07. The molecule has 2 aliphatic rings. The van der Waals surface area contributed by atoms with E-state index in [9.17, 15) is 14.6 Å². The van der Waals surface area contributed by atoms with E-state index in [2.05, 4.69) is 23.1 Å². The molecular formula is C25H26FN3O3. The summed E-state index contributed by atoms with van der Waals surface area (Å²) >= 11 is 0. The number of aromatic nitrogens is 3. The summed E-state index contributed by atoms with van der Waals surface area (Å²) in [4.78, 5) is 4.27. The van der Waals surface area contributed by atoms with Crippen LogP contribution in [0.2, 0.25) is 0 Å². The van der Waals surface area contributed by atoms with Crippen molar-refractivity contribution in [1.82, 2.24) is 14.8 Å². The molecule has 0 aliphatic heterocycles. The second-order valence-electron chi connectivity index (χ2n) is 8.99. The van der Waals surface area contributed by atoms with Gasteiger partial charge in [0.15, 0.2) is 0 Å². The third-order valence-corrected chi connectivity index (χ3v) is 7.22. The molecule has 0 bridgehead atoms. The highest BCUT2D eigenvalue weighted by atomic mass is 19.1. The van der Waals surface area contributed by atoms with E-state index in [1.807, 2.05) is 10.9 Å². The van der Waals surface area contributed by atoms with E-state index in [4.69, 9.17) is 4.74 Å². The average molecular weight is 435 g/mol. The smallest absolute Gasteiger partial charge is 0.123 e. The molecule has 6 nitrogen and oxygen atoms in total. The summed E-state index contributed by atoms with van der Waals surface area (Å²) in [6, 6.07) is 9.68. The number of halogens is 1. The van der Waals surface area contributed by atoms with Crippen molar-refractivity contribution in [1.29, 1.82) is 0 Å². The van der Waals surface area contributed by atoms with E-state index < -0.39 is 17.1 Å². The predicted octanol–water partition coefficient (Wildman–Crippen LogP) is 4.01. The van der Waals surface area contributed by atoms with Gasteiger partial charge >= 0.3 is 0 Å². The Morgan fingerprint density at radius 3 is 2.78 bits per heavy atom. The van der Waals surface area contributed by atoms with Gasteiger partial charge < -0.3 is 14.9 Å². The standard InChI is InChI=1S/C25H26FN3O3/c1-24-13-16-15-28-29(19-5-3-18(26)4-6-19)22(16)11-17(24)7-9-25(24,31)14-23(30)21-12-20(32-2)8-10-27-21/h3-6,8,10-12,15,23,30-31H,7,9,13-14H2,1-2H3/t23?,24-,25+/m0/s1. The number of methoxy groups -OCH3 is 1. The topological polar surface area (TPSA) is 80.4 Å². The Morgan fingerprint density at radius 2 is 2.03 bits per heavy atom. The van der Waals surface area contributed by atoms with Gasteiger partial charge in [-0.05, 0) is 61.2 Å². The van der Waals surface area contributed by atoms with Crippen LogP contribution >= 0.6 is 0 Å². The molecule has 2 aromatic heterocycles. The van der Waals surface area contributed by atoms with Crippen LogP contribution in [0.25, 0.3) is 11.8 Å². The lowest BCUT2D eigenvalue weighted by atomic mass is 9.65. The normalized spacial score (nSPS) is 25.1. The van der Waals surface area contributed by atoms with Crippen molar-refractivity contribution in [2.45, 2.75) is 44.3 Å². The first-order chi connectivity index (χ1) is 15.3. The minimum Gasteiger partial charge on any atom is -0.497 e. The van der Waals surface area contributed by atoms with E-state index in [1.165, 1.54) is 12.1 Å². The highest BCUT2D eigenvalue weighted by Gasteiger charge is 2.55. The first-order valence-electron chi connectivity index (χ1n) is 10.8. The van der Waals surface area contributed by atoms with Crippen LogP contribution in [0.1, 0.15) is 49.2 Å². The lowest BCUT2D eigenvalue weighted by molar-refractivity contribution is -0.0747. The molecule has 1 unspecified atom stereocenters. The fourth-order valence-electron chi connectivity index (χ4n) is 5.21. The van der Waals surface area contributed by atoms with Crippen LogP contribution in [-0.2, 0) is 6.42 Å². The van der Waals surface area contributed by atoms with Gasteiger partial charge in [0, 0.05) is 24.1 Å². The van der Waals surface area contributed by atoms with Crippen LogP contribution in [0.3, 0.4) is 0 Å². The van der Waals surface area contributed by atoms with Crippen LogP contribution in [0.5, 0.6) is 5.75 Å². The van der Waals surface area contributed by atoms with Gasteiger partial charge in [-0.25, -0.2) is 9.07 Å². The summed E-state index contributed by atoms with van der Waals surface area (Å²) in [6.07, 6.45) is 6.70. The van der Waals surface area contributed by atoms with Gasteiger partial charge in [0.2, 0.25) is 0 Å². The quantitative estimate of drug-likeness (QED) is 0.633. The van der Waals surface area contributed by atoms with Crippen LogP contribution in [-0.4, -0.2) is 37.7 Å². The van der Waals surface area contributed by atoms with Gasteiger partial charge in [-0.2, -0.15) is 5.10 Å². The summed E-state index contributed by atoms with van der Waals surface area (Å²) < 4.78 is 20.4. The molecule has 32 heavy (non-hydrogen) atoms. The maximum absolute atomic E-state index is 13.3. The minimum absolute atomic E-state index is 0.183. The molecule has 166 valence electrons. The van der Waals surface area contributed by atoms with Gasteiger partial charge in [0.1, 0.15) is 11.6 Å². The van der Waals surface area contributed by atoms with E-state index in [0.29, 0.717) is 24.3 Å². The number of aliphatic hydroxyl groups excluding tert-OH is 1. The highest BCUT2D eigenvalue weighted by Crippen LogP contribution is 2.57. The molecule has 1 fully saturated rings. The maximum Gasteiger partial charge on any atom is 0.123 e. The summed E-state index contributed by atoms with van der Waals surface area (Å²) in [5.74, 6) is 0.334. The molecule has 5 rings (SSSR count). The van der Waals surface area contributed by atoms with Crippen molar-refractivity contribution in [3.05, 3.63) is 77.1 Å². The number of fused-ring (bicyclic) bond motifs is 2. The summed E-state index contributed by atoms with van der Waals surface area (Å²) in [5, 5.41) is 27.2. The molecule has 3 aromatic rings. The van der Waals surface area contributed by atoms with Gasteiger partial charge in [-0.1, -0.05) is 12.5 Å². The number of pyridine rings is 1. The Kier molecular flexibility index (Phi) is 4.91. The highest BCUT2D eigenvalue weighted by molar-refractivity contribution is 5.62. The zero-order chi connectivity index (χ0) is 22.5. The Labute approximate surface area is 186 Å². The van der Waals surface area contributed by atoms with Crippen molar-refractivity contribution >= 4 is 6.08 Å². The van der Waals surface area contributed by atoms with Crippen LogP contribution in [0.4, 0.5) is 4.39 Å². The predicted molar refractivity (Wildman–Crippen MR) is 118 cm³/mol. The number of hydrogen-bond acceptors (Lipinski definition) is 5. The molecular weight excluding hydrogens is 409 g/mol. The van der Waals surface area contributed by atoms with Crippen LogP contribution < -0.4 is 4.74 Å².